The fraction of sp³-hybridized carbons (Fsp3) is 0.273. The Hall–Kier alpha value is -1.12. The van der Waals surface area contributed by atoms with Gasteiger partial charge < -0.3 is 10.8 Å². The van der Waals surface area contributed by atoms with Gasteiger partial charge in [0.05, 0.1) is 12.1 Å². The quantitative estimate of drug-likeness (QED) is 0.738. The highest BCUT2D eigenvalue weighted by Gasteiger charge is 2.10. The third-order valence-electron chi connectivity index (χ3n) is 2.08. The van der Waals surface area contributed by atoms with Crippen LogP contribution in [-0.2, 0) is 0 Å². The van der Waals surface area contributed by atoms with Crippen molar-refractivity contribution in [2.24, 2.45) is 5.73 Å². The highest BCUT2D eigenvalue weighted by molar-refractivity contribution is 5.47. The largest absolute Gasteiger partial charge is 0.391 e. The maximum Gasteiger partial charge on any atom is 0.0704 e. The molecule has 13 heavy (non-hydrogen) atoms. The molecular formula is C11H15NO. The topological polar surface area (TPSA) is 46.2 Å². The van der Waals surface area contributed by atoms with Crippen molar-refractivity contribution in [3.8, 4) is 0 Å². The standard InChI is InChI=1S/C11H15NO/c1-3-9-4-6-10(7-5-9)11(12)8(2)13/h3-8,11,13H,1,12H2,2H3. The van der Waals surface area contributed by atoms with Gasteiger partial charge in [0.15, 0.2) is 0 Å². The monoisotopic (exact) mass is 177 g/mol. The van der Waals surface area contributed by atoms with Crippen molar-refractivity contribution in [2.75, 3.05) is 0 Å². The predicted molar refractivity (Wildman–Crippen MR) is 55.1 cm³/mol. The Morgan fingerprint density at radius 1 is 1.38 bits per heavy atom. The van der Waals surface area contributed by atoms with Crippen LogP contribution in [0.15, 0.2) is 30.8 Å². The lowest BCUT2D eigenvalue weighted by Gasteiger charge is -2.14. The lowest BCUT2D eigenvalue weighted by atomic mass is 10.0. The second kappa shape index (κ2) is 4.21. The minimum absolute atomic E-state index is 0.307. The van der Waals surface area contributed by atoms with E-state index in [2.05, 4.69) is 6.58 Å². The van der Waals surface area contributed by atoms with Crippen LogP contribution in [0, 0.1) is 0 Å². The number of hydrogen-bond donors (Lipinski definition) is 2. The SMILES string of the molecule is C=Cc1ccc(C(N)C(C)O)cc1. The molecule has 1 rings (SSSR count). The maximum atomic E-state index is 9.26. The number of nitrogens with two attached hydrogens (primary N) is 1. The summed E-state index contributed by atoms with van der Waals surface area (Å²) < 4.78 is 0. The Labute approximate surface area is 78.7 Å². The van der Waals surface area contributed by atoms with Gasteiger partial charge >= 0.3 is 0 Å². The van der Waals surface area contributed by atoms with Gasteiger partial charge in [-0.1, -0.05) is 36.9 Å². The summed E-state index contributed by atoms with van der Waals surface area (Å²) in [7, 11) is 0. The van der Waals surface area contributed by atoms with Crippen LogP contribution in [-0.4, -0.2) is 11.2 Å². The molecule has 2 nitrogen and oxygen atoms in total. The summed E-state index contributed by atoms with van der Waals surface area (Å²) in [6, 6.07) is 7.39. The first-order valence-corrected chi connectivity index (χ1v) is 4.31. The van der Waals surface area contributed by atoms with Crippen LogP contribution in [0.3, 0.4) is 0 Å². The smallest absolute Gasteiger partial charge is 0.0704 e. The first kappa shape index (κ1) is 9.96. The molecule has 0 aliphatic heterocycles. The summed E-state index contributed by atoms with van der Waals surface area (Å²) in [6.45, 7) is 5.35. The summed E-state index contributed by atoms with van der Waals surface area (Å²) in [5, 5.41) is 9.26. The molecule has 0 bridgehead atoms. The van der Waals surface area contributed by atoms with E-state index in [1.807, 2.05) is 24.3 Å². The van der Waals surface area contributed by atoms with E-state index in [1.54, 1.807) is 13.0 Å². The number of hydrogen-bond acceptors (Lipinski definition) is 2. The molecule has 1 aromatic rings. The number of aliphatic hydroxyl groups excluding tert-OH is 1. The zero-order valence-electron chi connectivity index (χ0n) is 7.77. The van der Waals surface area contributed by atoms with Gasteiger partial charge in [0.2, 0.25) is 0 Å². The fourth-order valence-electron chi connectivity index (χ4n) is 1.13. The Balaban J connectivity index is 2.85. The summed E-state index contributed by atoms with van der Waals surface area (Å²) >= 11 is 0. The lowest BCUT2D eigenvalue weighted by molar-refractivity contribution is 0.164. The van der Waals surface area contributed by atoms with Crippen LogP contribution in [0.2, 0.25) is 0 Å². The van der Waals surface area contributed by atoms with Crippen molar-refractivity contribution in [2.45, 2.75) is 19.1 Å². The Bertz CT molecular complexity index is 277. The van der Waals surface area contributed by atoms with E-state index in [4.69, 9.17) is 5.73 Å². The van der Waals surface area contributed by atoms with E-state index < -0.39 is 6.10 Å². The lowest BCUT2D eigenvalue weighted by Crippen LogP contribution is -2.22. The molecule has 0 saturated carbocycles. The van der Waals surface area contributed by atoms with E-state index in [0.29, 0.717) is 0 Å². The average Bonchev–Trinajstić information content (AvgIpc) is 2.17. The molecular weight excluding hydrogens is 162 g/mol. The van der Waals surface area contributed by atoms with E-state index in [1.165, 1.54) is 0 Å². The van der Waals surface area contributed by atoms with E-state index in [0.717, 1.165) is 11.1 Å². The van der Waals surface area contributed by atoms with Crippen LogP contribution >= 0.6 is 0 Å². The zero-order valence-corrected chi connectivity index (χ0v) is 7.77. The van der Waals surface area contributed by atoms with E-state index in [-0.39, 0.29) is 6.04 Å². The Morgan fingerprint density at radius 3 is 2.31 bits per heavy atom. The average molecular weight is 177 g/mol. The number of rotatable bonds is 3. The minimum atomic E-state index is -0.519. The molecule has 2 unspecified atom stereocenters. The molecule has 0 spiro atoms. The molecule has 0 radical (unpaired) electrons. The summed E-state index contributed by atoms with van der Waals surface area (Å²) in [4.78, 5) is 0. The Kier molecular flexibility index (Phi) is 3.23. The van der Waals surface area contributed by atoms with Gasteiger partial charge in [0.1, 0.15) is 0 Å². The van der Waals surface area contributed by atoms with Gasteiger partial charge in [-0.25, -0.2) is 0 Å². The van der Waals surface area contributed by atoms with Crippen molar-refractivity contribution in [3.63, 3.8) is 0 Å². The third-order valence-corrected chi connectivity index (χ3v) is 2.08. The van der Waals surface area contributed by atoms with Crippen LogP contribution < -0.4 is 5.73 Å². The van der Waals surface area contributed by atoms with E-state index in [9.17, 15) is 5.11 Å². The van der Waals surface area contributed by atoms with Gasteiger partial charge in [-0.2, -0.15) is 0 Å². The molecule has 0 aromatic heterocycles. The highest BCUT2D eigenvalue weighted by atomic mass is 16.3. The highest BCUT2D eigenvalue weighted by Crippen LogP contribution is 2.15. The summed E-state index contributed by atoms with van der Waals surface area (Å²) in [5.41, 5.74) is 7.76. The summed E-state index contributed by atoms with van der Waals surface area (Å²) in [6.07, 6.45) is 1.26. The second-order valence-corrected chi connectivity index (χ2v) is 3.14. The minimum Gasteiger partial charge on any atom is -0.391 e. The Morgan fingerprint density at radius 2 is 1.92 bits per heavy atom. The van der Waals surface area contributed by atoms with Crippen LogP contribution in [0.1, 0.15) is 24.1 Å². The van der Waals surface area contributed by atoms with Crippen molar-refractivity contribution in [1.82, 2.24) is 0 Å². The molecule has 0 saturated heterocycles. The van der Waals surface area contributed by atoms with Crippen LogP contribution in [0.4, 0.5) is 0 Å². The first-order chi connectivity index (χ1) is 6.15. The molecule has 0 fully saturated rings. The number of aliphatic hydroxyl groups is 1. The predicted octanol–water partition coefficient (Wildman–Crippen LogP) is 1.71. The molecule has 3 N–H and O–H groups in total. The van der Waals surface area contributed by atoms with Crippen molar-refractivity contribution >= 4 is 6.08 Å². The molecule has 1 aromatic carbocycles. The van der Waals surface area contributed by atoms with Crippen molar-refractivity contribution in [3.05, 3.63) is 42.0 Å². The molecule has 2 atom stereocenters. The van der Waals surface area contributed by atoms with Gasteiger partial charge in [-0.3, -0.25) is 0 Å². The molecule has 0 heterocycles. The molecule has 2 heteroatoms. The first-order valence-electron chi connectivity index (χ1n) is 4.31. The second-order valence-electron chi connectivity index (χ2n) is 3.14. The molecule has 0 amide bonds. The normalized spacial score (nSPS) is 15.0. The molecule has 70 valence electrons. The van der Waals surface area contributed by atoms with Crippen molar-refractivity contribution < 1.29 is 5.11 Å². The van der Waals surface area contributed by atoms with Gasteiger partial charge in [-0.05, 0) is 18.1 Å². The van der Waals surface area contributed by atoms with Crippen molar-refractivity contribution in [1.29, 1.82) is 0 Å². The number of benzene rings is 1. The van der Waals surface area contributed by atoms with Crippen LogP contribution in [0.25, 0.3) is 6.08 Å². The third kappa shape index (κ3) is 2.41. The molecule has 0 aliphatic rings. The van der Waals surface area contributed by atoms with E-state index >= 15 is 0 Å². The summed E-state index contributed by atoms with van der Waals surface area (Å²) in [5.74, 6) is 0. The maximum absolute atomic E-state index is 9.26. The molecule has 0 aliphatic carbocycles. The fourth-order valence-corrected chi connectivity index (χ4v) is 1.13. The van der Waals surface area contributed by atoms with Gasteiger partial charge in [-0.15, -0.1) is 0 Å². The van der Waals surface area contributed by atoms with Gasteiger partial charge in [0, 0.05) is 0 Å². The van der Waals surface area contributed by atoms with Crippen LogP contribution in [0.5, 0.6) is 0 Å². The zero-order chi connectivity index (χ0) is 9.84. The van der Waals surface area contributed by atoms with Gasteiger partial charge in [0.25, 0.3) is 0 Å².